The number of nitrogens with zero attached hydrogens (tertiary/aromatic N) is 1. The summed E-state index contributed by atoms with van der Waals surface area (Å²) in [6.45, 7) is 1.88. The Balaban J connectivity index is 2.53. The van der Waals surface area contributed by atoms with Crippen LogP contribution in [0, 0.1) is 12.7 Å². The largest absolute Gasteiger partial charge is 0.282 e. The minimum Gasteiger partial charge on any atom is -0.282 e. The Labute approximate surface area is 85.7 Å². The van der Waals surface area contributed by atoms with Gasteiger partial charge in [0.05, 0.1) is 11.2 Å². The Morgan fingerprint density at radius 2 is 2.21 bits per heavy atom. The topological polar surface area (TPSA) is 28.7 Å². The monoisotopic (exact) mass is 210 g/mol. The molecule has 0 radical (unpaired) electrons. The summed E-state index contributed by atoms with van der Waals surface area (Å²) < 4.78 is 13.1. The fourth-order valence-electron chi connectivity index (χ4n) is 1.31. The van der Waals surface area contributed by atoms with E-state index in [-0.39, 0.29) is 5.02 Å². The van der Waals surface area contributed by atoms with Crippen molar-refractivity contribution in [1.29, 1.82) is 0 Å². The maximum atomic E-state index is 13.1. The molecule has 1 heterocycles. The highest BCUT2D eigenvalue weighted by Crippen LogP contribution is 2.25. The van der Waals surface area contributed by atoms with Crippen molar-refractivity contribution in [1.82, 2.24) is 10.2 Å². The van der Waals surface area contributed by atoms with E-state index in [1.807, 2.05) is 6.92 Å². The van der Waals surface area contributed by atoms with Gasteiger partial charge in [-0.15, -0.1) is 0 Å². The predicted octanol–water partition coefficient (Wildman–Crippen LogP) is 3.18. The van der Waals surface area contributed by atoms with Gasteiger partial charge in [0.25, 0.3) is 0 Å². The van der Waals surface area contributed by atoms with Crippen LogP contribution in [0.15, 0.2) is 24.4 Å². The molecule has 0 amide bonds. The highest BCUT2D eigenvalue weighted by molar-refractivity contribution is 6.30. The molecule has 0 bridgehead atoms. The number of hydrogen-bond acceptors (Lipinski definition) is 1. The standard InChI is InChI=1S/C10H8ClFN2/c1-6-8(5-13-14-6)7-2-3-9(11)10(12)4-7/h2-5H,1H3,(H,13,14). The molecule has 2 aromatic rings. The first-order chi connectivity index (χ1) is 6.68. The van der Waals surface area contributed by atoms with Crippen LogP contribution in [0.5, 0.6) is 0 Å². The van der Waals surface area contributed by atoms with Crippen molar-refractivity contribution in [2.75, 3.05) is 0 Å². The van der Waals surface area contributed by atoms with Gasteiger partial charge in [0.15, 0.2) is 0 Å². The number of aromatic amines is 1. The summed E-state index contributed by atoms with van der Waals surface area (Å²) >= 11 is 5.58. The molecule has 2 rings (SSSR count). The Morgan fingerprint density at radius 1 is 1.43 bits per heavy atom. The molecule has 2 nitrogen and oxygen atoms in total. The van der Waals surface area contributed by atoms with Gasteiger partial charge in [-0.2, -0.15) is 5.10 Å². The fourth-order valence-corrected chi connectivity index (χ4v) is 1.42. The zero-order valence-corrected chi connectivity index (χ0v) is 8.27. The molecular formula is C10H8ClFN2. The smallest absolute Gasteiger partial charge is 0.142 e. The lowest BCUT2D eigenvalue weighted by molar-refractivity contribution is 0.629. The molecule has 1 aromatic carbocycles. The number of halogens is 2. The molecule has 0 saturated carbocycles. The van der Waals surface area contributed by atoms with E-state index in [1.54, 1.807) is 18.3 Å². The predicted molar refractivity (Wildman–Crippen MR) is 53.7 cm³/mol. The van der Waals surface area contributed by atoms with Crippen molar-refractivity contribution in [3.05, 3.63) is 40.9 Å². The number of benzene rings is 1. The fraction of sp³-hybridized carbons (Fsp3) is 0.100. The molecule has 14 heavy (non-hydrogen) atoms. The molecule has 0 saturated heterocycles. The van der Waals surface area contributed by atoms with Crippen LogP contribution < -0.4 is 0 Å². The Morgan fingerprint density at radius 3 is 2.79 bits per heavy atom. The summed E-state index contributed by atoms with van der Waals surface area (Å²) in [6, 6.07) is 4.71. The van der Waals surface area contributed by atoms with Crippen molar-refractivity contribution in [3.8, 4) is 11.1 Å². The maximum absolute atomic E-state index is 13.1. The lowest BCUT2D eigenvalue weighted by Crippen LogP contribution is -1.82. The van der Waals surface area contributed by atoms with Gasteiger partial charge in [-0.3, -0.25) is 5.10 Å². The molecule has 0 fully saturated rings. The van der Waals surface area contributed by atoms with Gasteiger partial charge in [0.1, 0.15) is 5.82 Å². The molecule has 0 spiro atoms. The first-order valence-electron chi connectivity index (χ1n) is 4.14. The van der Waals surface area contributed by atoms with Crippen molar-refractivity contribution >= 4 is 11.6 Å². The highest BCUT2D eigenvalue weighted by atomic mass is 35.5. The van der Waals surface area contributed by atoms with Crippen LogP contribution in [0.2, 0.25) is 5.02 Å². The highest BCUT2D eigenvalue weighted by Gasteiger charge is 2.06. The van der Waals surface area contributed by atoms with Gasteiger partial charge in [0, 0.05) is 11.3 Å². The number of nitrogens with one attached hydrogen (secondary N) is 1. The SMILES string of the molecule is Cc1[nH]ncc1-c1ccc(Cl)c(F)c1. The second kappa shape index (κ2) is 3.42. The molecule has 1 N–H and O–H groups in total. The van der Waals surface area contributed by atoms with Crippen molar-refractivity contribution in [2.24, 2.45) is 0 Å². The Kier molecular flexibility index (Phi) is 2.25. The minimum atomic E-state index is -0.412. The second-order valence-electron chi connectivity index (χ2n) is 3.04. The Bertz CT molecular complexity index is 465. The summed E-state index contributed by atoms with van der Waals surface area (Å²) in [5.41, 5.74) is 2.57. The van der Waals surface area contributed by atoms with Crippen LogP contribution in [-0.4, -0.2) is 10.2 Å². The van der Waals surface area contributed by atoms with Crippen LogP contribution >= 0.6 is 11.6 Å². The molecule has 1 aromatic heterocycles. The maximum Gasteiger partial charge on any atom is 0.142 e. The molecule has 0 aliphatic heterocycles. The molecule has 0 atom stereocenters. The third kappa shape index (κ3) is 1.51. The number of hydrogen-bond donors (Lipinski definition) is 1. The summed E-state index contributed by atoms with van der Waals surface area (Å²) in [5.74, 6) is -0.412. The van der Waals surface area contributed by atoms with Crippen molar-refractivity contribution in [2.45, 2.75) is 6.92 Å². The van der Waals surface area contributed by atoms with Crippen LogP contribution in [0.25, 0.3) is 11.1 Å². The van der Waals surface area contributed by atoms with E-state index in [9.17, 15) is 4.39 Å². The zero-order chi connectivity index (χ0) is 10.1. The summed E-state index contributed by atoms with van der Waals surface area (Å²) in [7, 11) is 0. The van der Waals surface area contributed by atoms with Crippen LogP contribution in [0.3, 0.4) is 0 Å². The molecular weight excluding hydrogens is 203 g/mol. The number of rotatable bonds is 1. The van der Waals surface area contributed by atoms with Gasteiger partial charge in [-0.1, -0.05) is 17.7 Å². The number of aryl methyl sites for hydroxylation is 1. The average Bonchev–Trinajstić information content (AvgIpc) is 2.57. The molecule has 72 valence electrons. The first-order valence-corrected chi connectivity index (χ1v) is 4.51. The number of aromatic nitrogens is 2. The van der Waals surface area contributed by atoms with E-state index >= 15 is 0 Å². The Hall–Kier alpha value is -1.35. The van der Waals surface area contributed by atoms with E-state index in [0.717, 1.165) is 16.8 Å². The van der Waals surface area contributed by atoms with Crippen molar-refractivity contribution in [3.63, 3.8) is 0 Å². The lowest BCUT2D eigenvalue weighted by atomic mass is 10.1. The van der Waals surface area contributed by atoms with Gasteiger partial charge in [-0.05, 0) is 24.6 Å². The van der Waals surface area contributed by atoms with Crippen molar-refractivity contribution < 1.29 is 4.39 Å². The number of H-pyrrole nitrogens is 1. The van der Waals surface area contributed by atoms with Crippen LogP contribution in [0.4, 0.5) is 4.39 Å². The first kappa shape index (κ1) is 9.21. The van der Waals surface area contributed by atoms with Crippen LogP contribution in [0.1, 0.15) is 5.69 Å². The van der Waals surface area contributed by atoms with Crippen LogP contribution in [-0.2, 0) is 0 Å². The molecule has 0 aliphatic carbocycles. The molecule has 0 aliphatic rings. The third-order valence-corrected chi connectivity index (χ3v) is 2.37. The quantitative estimate of drug-likeness (QED) is 0.770. The van der Waals surface area contributed by atoms with E-state index in [0.29, 0.717) is 0 Å². The van der Waals surface area contributed by atoms with Gasteiger partial charge < -0.3 is 0 Å². The average molecular weight is 211 g/mol. The summed E-state index contributed by atoms with van der Waals surface area (Å²) in [6.07, 6.45) is 1.66. The van der Waals surface area contributed by atoms with E-state index in [1.165, 1.54) is 6.07 Å². The van der Waals surface area contributed by atoms with Gasteiger partial charge in [0.2, 0.25) is 0 Å². The minimum absolute atomic E-state index is 0.134. The summed E-state index contributed by atoms with van der Waals surface area (Å²) in [5, 5.41) is 6.80. The second-order valence-corrected chi connectivity index (χ2v) is 3.44. The zero-order valence-electron chi connectivity index (χ0n) is 7.51. The lowest BCUT2D eigenvalue weighted by Gasteiger charge is -2.00. The molecule has 4 heteroatoms. The van der Waals surface area contributed by atoms with E-state index < -0.39 is 5.82 Å². The third-order valence-electron chi connectivity index (χ3n) is 2.06. The molecule has 0 unspecified atom stereocenters. The van der Waals surface area contributed by atoms with Gasteiger partial charge in [-0.25, -0.2) is 4.39 Å². The van der Waals surface area contributed by atoms with E-state index in [4.69, 9.17) is 11.6 Å². The van der Waals surface area contributed by atoms with E-state index in [2.05, 4.69) is 10.2 Å². The summed E-state index contributed by atoms with van der Waals surface area (Å²) in [4.78, 5) is 0. The van der Waals surface area contributed by atoms with Gasteiger partial charge >= 0.3 is 0 Å². The normalized spacial score (nSPS) is 10.5.